The molecule has 1 aromatic heterocycles. The third-order valence-corrected chi connectivity index (χ3v) is 3.62. The maximum atomic E-state index is 12.4. The van der Waals surface area contributed by atoms with E-state index in [1.54, 1.807) is 0 Å². The van der Waals surface area contributed by atoms with E-state index < -0.39 is 5.60 Å². The van der Waals surface area contributed by atoms with Crippen molar-refractivity contribution >= 4 is 6.09 Å². The predicted octanol–water partition coefficient (Wildman–Crippen LogP) is 3.97. The Labute approximate surface area is 121 Å². The molecule has 1 aliphatic rings. The number of aromatic nitrogens is 1. The van der Waals surface area contributed by atoms with Gasteiger partial charge in [0.1, 0.15) is 5.60 Å². The van der Waals surface area contributed by atoms with Crippen molar-refractivity contribution in [3.63, 3.8) is 0 Å². The summed E-state index contributed by atoms with van der Waals surface area (Å²) in [5.74, 6) is 0. The van der Waals surface area contributed by atoms with Crippen molar-refractivity contribution in [1.29, 1.82) is 0 Å². The Morgan fingerprint density at radius 1 is 1.40 bits per heavy atom. The Morgan fingerprint density at radius 3 is 2.80 bits per heavy atom. The molecule has 0 aliphatic carbocycles. The number of fused-ring (bicyclic) bond motifs is 1. The highest BCUT2D eigenvalue weighted by atomic mass is 16.6. The van der Waals surface area contributed by atoms with Gasteiger partial charge in [0.2, 0.25) is 0 Å². The summed E-state index contributed by atoms with van der Waals surface area (Å²) in [6, 6.07) is 4.33. The molecule has 0 saturated heterocycles. The van der Waals surface area contributed by atoms with Crippen LogP contribution in [0.4, 0.5) is 4.79 Å². The first-order chi connectivity index (χ1) is 9.42. The van der Waals surface area contributed by atoms with Crippen molar-refractivity contribution < 1.29 is 9.53 Å². The van der Waals surface area contributed by atoms with E-state index in [2.05, 4.69) is 29.8 Å². The second-order valence-electron chi connectivity index (χ2n) is 6.46. The largest absolute Gasteiger partial charge is 0.444 e. The van der Waals surface area contributed by atoms with E-state index in [1.807, 2.05) is 25.7 Å². The zero-order chi connectivity index (χ0) is 14.8. The third kappa shape index (κ3) is 3.35. The molecule has 0 aromatic carbocycles. The van der Waals surface area contributed by atoms with Crippen molar-refractivity contribution in [3.8, 4) is 0 Å². The van der Waals surface area contributed by atoms with Crippen molar-refractivity contribution in [2.45, 2.75) is 65.1 Å². The molecule has 1 atom stereocenters. The molecule has 4 nitrogen and oxygen atoms in total. The minimum Gasteiger partial charge on any atom is -0.444 e. The topological polar surface area (TPSA) is 34.5 Å². The van der Waals surface area contributed by atoms with Gasteiger partial charge in [-0.15, -0.1) is 0 Å². The summed E-state index contributed by atoms with van der Waals surface area (Å²) in [4.78, 5) is 14.3. The van der Waals surface area contributed by atoms with Crippen LogP contribution in [0.3, 0.4) is 0 Å². The summed E-state index contributed by atoms with van der Waals surface area (Å²) in [6.45, 7) is 9.50. The SMILES string of the molecule is CCCCC1c2cccn2CCN1C(=O)OC(C)(C)C. The van der Waals surface area contributed by atoms with Gasteiger partial charge in [-0.05, 0) is 39.3 Å². The molecule has 1 aromatic rings. The monoisotopic (exact) mass is 278 g/mol. The van der Waals surface area contributed by atoms with Crippen LogP contribution < -0.4 is 0 Å². The second-order valence-corrected chi connectivity index (χ2v) is 6.46. The third-order valence-electron chi connectivity index (χ3n) is 3.62. The van der Waals surface area contributed by atoms with Gasteiger partial charge < -0.3 is 9.30 Å². The standard InChI is InChI=1S/C16H26N2O2/c1-5-6-8-14-13-9-7-10-17(13)11-12-18(14)15(19)20-16(2,3)4/h7,9-10,14H,5-6,8,11-12H2,1-4H3. The number of nitrogens with zero attached hydrogens (tertiary/aromatic N) is 2. The maximum Gasteiger partial charge on any atom is 0.410 e. The average molecular weight is 278 g/mol. The van der Waals surface area contributed by atoms with Crippen LogP contribution >= 0.6 is 0 Å². The van der Waals surface area contributed by atoms with Crippen LogP contribution in [-0.4, -0.2) is 27.7 Å². The molecule has 0 spiro atoms. The molecule has 2 heterocycles. The van der Waals surface area contributed by atoms with Gasteiger partial charge in [-0.3, -0.25) is 4.90 Å². The molecular formula is C16H26N2O2. The van der Waals surface area contributed by atoms with E-state index in [0.29, 0.717) is 0 Å². The number of hydrogen-bond donors (Lipinski definition) is 0. The minimum atomic E-state index is -0.439. The lowest BCUT2D eigenvalue weighted by Crippen LogP contribution is -2.44. The smallest absolute Gasteiger partial charge is 0.410 e. The lowest BCUT2D eigenvalue weighted by Gasteiger charge is -2.37. The van der Waals surface area contributed by atoms with Crippen molar-refractivity contribution in [1.82, 2.24) is 9.47 Å². The van der Waals surface area contributed by atoms with Crippen LogP contribution in [0.15, 0.2) is 18.3 Å². The first-order valence-electron chi connectivity index (χ1n) is 7.57. The fourth-order valence-electron chi connectivity index (χ4n) is 2.70. The van der Waals surface area contributed by atoms with Gasteiger partial charge in [0.05, 0.1) is 6.04 Å². The predicted molar refractivity (Wildman–Crippen MR) is 79.6 cm³/mol. The van der Waals surface area contributed by atoms with E-state index >= 15 is 0 Å². The first kappa shape index (κ1) is 14.9. The number of ether oxygens (including phenoxy) is 1. The lowest BCUT2D eigenvalue weighted by atomic mass is 10.0. The molecule has 0 N–H and O–H groups in total. The van der Waals surface area contributed by atoms with E-state index in [9.17, 15) is 4.79 Å². The summed E-state index contributed by atoms with van der Waals surface area (Å²) >= 11 is 0. The van der Waals surface area contributed by atoms with Crippen LogP contribution in [0.25, 0.3) is 0 Å². The summed E-state index contributed by atoms with van der Waals surface area (Å²) < 4.78 is 7.81. The summed E-state index contributed by atoms with van der Waals surface area (Å²) in [6.07, 6.45) is 5.17. The second kappa shape index (κ2) is 5.90. The average Bonchev–Trinajstić information content (AvgIpc) is 2.81. The van der Waals surface area contributed by atoms with E-state index in [1.165, 1.54) is 5.69 Å². The van der Waals surface area contributed by atoms with Gasteiger partial charge >= 0.3 is 6.09 Å². The van der Waals surface area contributed by atoms with Crippen molar-refractivity contribution in [2.24, 2.45) is 0 Å². The Kier molecular flexibility index (Phi) is 4.41. The molecule has 2 rings (SSSR count). The molecule has 0 radical (unpaired) electrons. The first-order valence-corrected chi connectivity index (χ1v) is 7.57. The highest BCUT2D eigenvalue weighted by molar-refractivity contribution is 5.69. The zero-order valence-corrected chi connectivity index (χ0v) is 13.1. The molecular weight excluding hydrogens is 252 g/mol. The molecule has 0 bridgehead atoms. The Morgan fingerprint density at radius 2 is 2.15 bits per heavy atom. The Balaban J connectivity index is 2.17. The Hall–Kier alpha value is -1.45. The van der Waals surface area contributed by atoms with Crippen LogP contribution in [0.1, 0.15) is 58.7 Å². The van der Waals surface area contributed by atoms with Gasteiger partial charge in [0, 0.05) is 25.0 Å². The summed E-state index contributed by atoms with van der Waals surface area (Å²) in [5, 5.41) is 0. The molecule has 0 saturated carbocycles. The maximum absolute atomic E-state index is 12.4. The molecule has 0 fully saturated rings. The molecule has 112 valence electrons. The zero-order valence-electron chi connectivity index (χ0n) is 13.1. The number of amides is 1. The Bertz CT molecular complexity index is 459. The highest BCUT2D eigenvalue weighted by Crippen LogP contribution is 2.31. The van der Waals surface area contributed by atoms with Crippen molar-refractivity contribution in [2.75, 3.05) is 6.54 Å². The lowest BCUT2D eigenvalue weighted by molar-refractivity contribution is 0.00933. The van der Waals surface area contributed by atoms with Crippen LogP contribution in [-0.2, 0) is 11.3 Å². The number of unbranched alkanes of at least 4 members (excludes halogenated alkanes) is 1. The fourth-order valence-corrected chi connectivity index (χ4v) is 2.70. The van der Waals surface area contributed by atoms with Gasteiger partial charge in [0.15, 0.2) is 0 Å². The molecule has 4 heteroatoms. The quantitative estimate of drug-likeness (QED) is 0.838. The number of rotatable bonds is 3. The van der Waals surface area contributed by atoms with Crippen LogP contribution in [0.5, 0.6) is 0 Å². The highest BCUT2D eigenvalue weighted by Gasteiger charge is 2.33. The van der Waals surface area contributed by atoms with E-state index in [0.717, 1.165) is 32.4 Å². The number of carbonyl (C=O) groups excluding carboxylic acids is 1. The van der Waals surface area contributed by atoms with Crippen LogP contribution in [0.2, 0.25) is 0 Å². The summed E-state index contributed by atoms with van der Waals surface area (Å²) in [7, 11) is 0. The number of carbonyl (C=O) groups is 1. The molecule has 20 heavy (non-hydrogen) atoms. The normalized spacial score (nSPS) is 18.8. The molecule has 1 aliphatic heterocycles. The van der Waals surface area contributed by atoms with E-state index in [-0.39, 0.29) is 12.1 Å². The molecule has 1 amide bonds. The van der Waals surface area contributed by atoms with E-state index in [4.69, 9.17) is 4.74 Å². The van der Waals surface area contributed by atoms with Gasteiger partial charge in [-0.25, -0.2) is 4.79 Å². The fraction of sp³-hybridized carbons (Fsp3) is 0.688. The van der Waals surface area contributed by atoms with Crippen LogP contribution in [0, 0.1) is 0 Å². The minimum absolute atomic E-state index is 0.147. The van der Waals surface area contributed by atoms with Gasteiger partial charge in [-0.2, -0.15) is 0 Å². The van der Waals surface area contributed by atoms with Gasteiger partial charge in [0.25, 0.3) is 0 Å². The summed E-state index contributed by atoms with van der Waals surface area (Å²) in [5.41, 5.74) is 0.793. The van der Waals surface area contributed by atoms with Crippen molar-refractivity contribution in [3.05, 3.63) is 24.0 Å². The van der Waals surface area contributed by atoms with Gasteiger partial charge in [-0.1, -0.05) is 19.8 Å². The molecule has 1 unspecified atom stereocenters. The number of hydrogen-bond acceptors (Lipinski definition) is 2.